The maximum atomic E-state index is 12.7. The van der Waals surface area contributed by atoms with E-state index in [2.05, 4.69) is 11.1 Å². The van der Waals surface area contributed by atoms with Crippen LogP contribution in [0.5, 0.6) is 0 Å². The van der Waals surface area contributed by atoms with Gasteiger partial charge in [-0.25, -0.2) is 4.98 Å². The van der Waals surface area contributed by atoms with Gasteiger partial charge in [-0.3, -0.25) is 9.59 Å². The Hall–Kier alpha value is -2.73. The summed E-state index contributed by atoms with van der Waals surface area (Å²) in [5.41, 5.74) is 3.08. The molecule has 0 unspecified atom stereocenters. The Bertz CT molecular complexity index is 981. The summed E-state index contributed by atoms with van der Waals surface area (Å²) in [7, 11) is 0. The van der Waals surface area contributed by atoms with E-state index in [1.165, 1.54) is 0 Å². The van der Waals surface area contributed by atoms with Crippen LogP contribution in [0, 0.1) is 0 Å². The van der Waals surface area contributed by atoms with E-state index >= 15 is 0 Å². The predicted molar refractivity (Wildman–Crippen MR) is 111 cm³/mol. The van der Waals surface area contributed by atoms with Crippen molar-refractivity contribution in [3.8, 4) is 0 Å². The van der Waals surface area contributed by atoms with Crippen LogP contribution in [0.3, 0.4) is 0 Å². The molecule has 144 valence electrons. The first-order valence-electron chi connectivity index (χ1n) is 9.55. The second-order valence-electron chi connectivity index (χ2n) is 6.93. The lowest BCUT2D eigenvalue weighted by Gasteiger charge is -2.21. The molecule has 0 spiro atoms. The number of fused-ring (bicyclic) bond motifs is 2. The highest BCUT2D eigenvalue weighted by Gasteiger charge is 2.29. The minimum absolute atomic E-state index is 0.163. The number of rotatable bonds is 6. The Labute approximate surface area is 168 Å². The Morgan fingerprint density at radius 3 is 2.82 bits per heavy atom. The molecule has 0 saturated heterocycles. The van der Waals surface area contributed by atoms with E-state index in [-0.39, 0.29) is 18.3 Å². The zero-order valence-electron chi connectivity index (χ0n) is 15.8. The number of aryl methyl sites for hydroxylation is 1. The highest BCUT2D eigenvalue weighted by atomic mass is 32.1. The first kappa shape index (κ1) is 18.6. The van der Waals surface area contributed by atoms with Crippen molar-refractivity contribution in [3.05, 3.63) is 59.1 Å². The monoisotopic (exact) mass is 394 g/mol. The fourth-order valence-electron chi connectivity index (χ4n) is 3.50. The number of para-hydroxylation sites is 2. The lowest BCUT2D eigenvalue weighted by molar-refractivity contribution is -0.153. The van der Waals surface area contributed by atoms with Gasteiger partial charge in [0.1, 0.15) is 0 Å². The van der Waals surface area contributed by atoms with Gasteiger partial charge < -0.3 is 9.64 Å². The molecule has 2 heterocycles. The summed E-state index contributed by atoms with van der Waals surface area (Å²) in [5, 5.41) is 1.02. The van der Waals surface area contributed by atoms with Gasteiger partial charge in [-0.1, -0.05) is 30.3 Å². The highest BCUT2D eigenvalue weighted by molar-refractivity contribution is 7.18. The van der Waals surface area contributed by atoms with Crippen molar-refractivity contribution in [2.75, 3.05) is 11.4 Å². The molecular weight excluding hydrogens is 372 g/mol. The number of esters is 1. The van der Waals surface area contributed by atoms with Gasteiger partial charge in [0.2, 0.25) is 0 Å². The molecule has 4 rings (SSSR count). The predicted octanol–water partition coefficient (Wildman–Crippen LogP) is 4.14. The number of nitrogens with zero attached hydrogens (tertiary/aromatic N) is 2. The van der Waals surface area contributed by atoms with E-state index in [1.807, 2.05) is 42.5 Å². The Balaban J connectivity index is 1.27. The van der Waals surface area contributed by atoms with E-state index in [9.17, 15) is 9.59 Å². The normalized spacial score (nSPS) is 14.1. The minimum atomic E-state index is -0.777. The molecular formula is C22H22N2O3S. The van der Waals surface area contributed by atoms with Crippen LogP contribution in [-0.2, 0) is 27.2 Å². The zero-order chi connectivity index (χ0) is 19.5. The molecule has 28 heavy (non-hydrogen) atoms. The fraction of sp³-hybridized carbons (Fsp3) is 0.318. The number of aromatic nitrogens is 1. The van der Waals surface area contributed by atoms with E-state index in [0.717, 1.165) is 39.3 Å². The smallest absolute Gasteiger partial charge is 0.306 e. The summed E-state index contributed by atoms with van der Waals surface area (Å²) in [6.07, 6.45) is 1.73. The van der Waals surface area contributed by atoms with Crippen molar-refractivity contribution >= 4 is 39.1 Å². The van der Waals surface area contributed by atoms with Gasteiger partial charge in [-0.05, 0) is 49.9 Å². The third-order valence-electron chi connectivity index (χ3n) is 4.92. The molecule has 1 aromatic heterocycles. The molecule has 0 aliphatic carbocycles. The Kier molecular flexibility index (Phi) is 5.39. The zero-order valence-corrected chi connectivity index (χ0v) is 16.6. The Morgan fingerprint density at radius 1 is 1.18 bits per heavy atom. The van der Waals surface area contributed by atoms with Crippen molar-refractivity contribution in [2.45, 2.75) is 38.7 Å². The lowest BCUT2D eigenvalue weighted by Crippen LogP contribution is -2.39. The first-order valence-corrected chi connectivity index (χ1v) is 10.4. The molecule has 0 radical (unpaired) electrons. The molecule has 0 bridgehead atoms. The van der Waals surface area contributed by atoms with E-state index in [4.69, 9.17) is 4.74 Å². The number of carbonyl (C=O) groups is 2. The van der Waals surface area contributed by atoms with Crippen LogP contribution in [0.15, 0.2) is 48.5 Å². The van der Waals surface area contributed by atoms with E-state index in [0.29, 0.717) is 13.0 Å². The molecule has 3 aromatic rings. The fourth-order valence-corrected chi connectivity index (χ4v) is 4.51. The van der Waals surface area contributed by atoms with Gasteiger partial charge in [-0.2, -0.15) is 0 Å². The van der Waals surface area contributed by atoms with Gasteiger partial charge in [0.25, 0.3) is 5.91 Å². The van der Waals surface area contributed by atoms with Gasteiger partial charge >= 0.3 is 5.97 Å². The molecule has 1 aliphatic heterocycles. The lowest BCUT2D eigenvalue weighted by atomic mass is 10.2. The van der Waals surface area contributed by atoms with Crippen LogP contribution in [0.25, 0.3) is 10.2 Å². The molecule has 2 aromatic carbocycles. The summed E-state index contributed by atoms with van der Waals surface area (Å²) in [4.78, 5) is 31.1. The topological polar surface area (TPSA) is 59.5 Å². The SMILES string of the molecule is C[C@H](OC(=O)CCCc1nc2ccccc2s1)C(=O)N1CCc2ccccc21. The number of amides is 1. The van der Waals surface area contributed by atoms with Crippen LogP contribution >= 0.6 is 11.3 Å². The molecule has 5 nitrogen and oxygen atoms in total. The van der Waals surface area contributed by atoms with Crippen molar-refractivity contribution < 1.29 is 14.3 Å². The van der Waals surface area contributed by atoms with Gasteiger partial charge in [0, 0.05) is 18.7 Å². The van der Waals surface area contributed by atoms with Crippen LogP contribution in [0.1, 0.15) is 30.3 Å². The average Bonchev–Trinajstić information content (AvgIpc) is 3.31. The molecule has 1 amide bonds. The van der Waals surface area contributed by atoms with Crippen LogP contribution in [0.4, 0.5) is 5.69 Å². The summed E-state index contributed by atoms with van der Waals surface area (Å²) in [6, 6.07) is 15.9. The average molecular weight is 394 g/mol. The summed E-state index contributed by atoms with van der Waals surface area (Å²) < 4.78 is 6.55. The summed E-state index contributed by atoms with van der Waals surface area (Å²) in [5.74, 6) is -0.501. The third-order valence-corrected chi connectivity index (χ3v) is 6.02. The van der Waals surface area contributed by atoms with Crippen LogP contribution < -0.4 is 4.90 Å². The largest absolute Gasteiger partial charge is 0.453 e. The number of hydrogen-bond acceptors (Lipinski definition) is 5. The summed E-state index contributed by atoms with van der Waals surface area (Å²) >= 11 is 1.65. The molecule has 0 saturated carbocycles. The first-order chi connectivity index (χ1) is 13.6. The van der Waals surface area contributed by atoms with Crippen molar-refractivity contribution in [3.63, 3.8) is 0 Å². The van der Waals surface area contributed by atoms with Gasteiger partial charge in [-0.15, -0.1) is 11.3 Å². The maximum absolute atomic E-state index is 12.7. The number of hydrogen-bond donors (Lipinski definition) is 0. The number of carbonyl (C=O) groups excluding carboxylic acids is 2. The summed E-state index contributed by atoms with van der Waals surface area (Å²) in [6.45, 7) is 2.28. The quantitative estimate of drug-likeness (QED) is 0.590. The second-order valence-corrected chi connectivity index (χ2v) is 8.04. The standard InChI is InChI=1S/C22H22N2O3S/c1-15(22(26)24-14-13-16-7-2-4-9-18(16)24)27-21(25)12-6-11-20-23-17-8-3-5-10-19(17)28-20/h2-5,7-10,15H,6,11-14H2,1H3/t15-/m0/s1. The number of thiazole rings is 1. The van der Waals surface area contributed by atoms with Crippen LogP contribution in [0.2, 0.25) is 0 Å². The van der Waals surface area contributed by atoms with E-state index < -0.39 is 6.10 Å². The number of ether oxygens (including phenoxy) is 1. The maximum Gasteiger partial charge on any atom is 0.306 e. The molecule has 1 atom stereocenters. The van der Waals surface area contributed by atoms with Crippen LogP contribution in [-0.4, -0.2) is 29.5 Å². The molecule has 0 fully saturated rings. The van der Waals surface area contributed by atoms with Crippen molar-refractivity contribution in [1.82, 2.24) is 4.98 Å². The Morgan fingerprint density at radius 2 is 1.96 bits per heavy atom. The van der Waals surface area contributed by atoms with Gasteiger partial charge in [0.15, 0.2) is 6.10 Å². The highest BCUT2D eigenvalue weighted by Crippen LogP contribution is 2.28. The van der Waals surface area contributed by atoms with Gasteiger partial charge in [0.05, 0.1) is 15.2 Å². The van der Waals surface area contributed by atoms with Crippen molar-refractivity contribution in [2.24, 2.45) is 0 Å². The molecule has 0 N–H and O–H groups in total. The second kappa shape index (κ2) is 8.10. The molecule has 6 heteroatoms. The number of anilines is 1. The number of benzene rings is 2. The molecule has 1 aliphatic rings. The van der Waals surface area contributed by atoms with Crippen molar-refractivity contribution in [1.29, 1.82) is 0 Å². The van der Waals surface area contributed by atoms with E-state index in [1.54, 1.807) is 23.2 Å². The third kappa shape index (κ3) is 3.92. The minimum Gasteiger partial charge on any atom is -0.453 e.